The second-order valence-electron chi connectivity index (χ2n) is 3.88. The molecule has 0 saturated carbocycles. The molecule has 2 atom stereocenters. The molecule has 2 heteroatoms. The highest BCUT2D eigenvalue weighted by molar-refractivity contribution is 4.93. The van der Waals surface area contributed by atoms with Crippen LogP contribution in [0.3, 0.4) is 0 Å². The Balaban J connectivity index is 2.02. The van der Waals surface area contributed by atoms with Crippen LogP contribution in [0.25, 0.3) is 0 Å². The molecule has 0 aromatic rings. The molecule has 0 aromatic heterocycles. The van der Waals surface area contributed by atoms with Gasteiger partial charge >= 0.3 is 0 Å². The van der Waals surface area contributed by atoms with Crippen LogP contribution in [0.1, 0.15) is 25.7 Å². The average Bonchev–Trinajstić information content (AvgIpc) is 2.26. The normalized spacial score (nSPS) is 44.7. The summed E-state index contributed by atoms with van der Waals surface area (Å²) in [4.78, 5) is 2.54. The molecular weight excluding hydrogens is 138 g/mol. The van der Waals surface area contributed by atoms with E-state index in [9.17, 15) is 0 Å². The summed E-state index contributed by atoms with van der Waals surface area (Å²) >= 11 is 0. The van der Waals surface area contributed by atoms with E-state index in [2.05, 4.69) is 11.9 Å². The van der Waals surface area contributed by atoms with Gasteiger partial charge in [0.25, 0.3) is 0 Å². The number of piperidine rings is 1. The second kappa shape index (κ2) is 2.76. The summed E-state index contributed by atoms with van der Waals surface area (Å²) in [5.41, 5.74) is 0. The van der Waals surface area contributed by atoms with Gasteiger partial charge in [-0.3, -0.25) is 0 Å². The molecule has 11 heavy (non-hydrogen) atoms. The molecule has 2 rings (SSSR count). The SMILES string of the molecule is COC1CC2CCC(C1)N2C. The van der Waals surface area contributed by atoms with E-state index in [1.54, 1.807) is 0 Å². The van der Waals surface area contributed by atoms with Gasteiger partial charge < -0.3 is 9.64 Å². The first-order valence-electron chi connectivity index (χ1n) is 4.56. The molecule has 2 saturated heterocycles. The van der Waals surface area contributed by atoms with Gasteiger partial charge in [-0.05, 0) is 32.7 Å². The van der Waals surface area contributed by atoms with Crippen LogP contribution in [-0.2, 0) is 4.74 Å². The monoisotopic (exact) mass is 155 g/mol. The van der Waals surface area contributed by atoms with E-state index in [0.717, 1.165) is 12.1 Å². The van der Waals surface area contributed by atoms with E-state index in [1.807, 2.05) is 7.11 Å². The zero-order valence-corrected chi connectivity index (χ0v) is 7.42. The highest BCUT2D eigenvalue weighted by Crippen LogP contribution is 2.34. The Morgan fingerprint density at radius 2 is 1.73 bits per heavy atom. The van der Waals surface area contributed by atoms with Crippen molar-refractivity contribution in [3.63, 3.8) is 0 Å². The summed E-state index contributed by atoms with van der Waals surface area (Å²) in [6.45, 7) is 0. The van der Waals surface area contributed by atoms with E-state index < -0.39 is 0 Å². The van der Waals surface area contributed by atoms with Gasteiger partial charge in [0, 0.05) is 19.2 Å². The quantitative estimate of drug-likeness (QED) is 0.565. The van der Waals surface area contributed by atoms with Crippen LogP contribution in [0.15, 0.2) is 0 Å². The molecule has 0 aliphatic carbocycles. The minimum absolute atomic E-state index is 0.545. The van der Waals surface area contributed by atoms with Crippen molar-refractivity contribution < 1.29 is 4.74 Å². The van der Waals surface area contributed by atoms with Crippen LogP contribution in [0, 0.1) is 0 Å². The number of ether oxygens (including phenoxy) is 1. The standard InChI is InChI=1S/C9H17NO/c1-10-7-3-4-8(10)6-9(5-7)11-2/h7-9H,3-6H2,1-2H3. The molecular formula is C9H17NO. The van der Waals surface area contributed by atoms with Crippen LogP contribution in [0.2, 0.25) is 0 Å². The summed E-state index contributed by atoms with van der Waals surface area (Å²) in [7, 11) is 4.10. The molecule has 0 spiro atoms. The fourth-order valence-electron chi connectivity index (χ4n) is 2.55. The van der Waals surface area contributed by atoms with Crippen LogP contribution in [0.4, 0.5) is 0 Å². The van der Waals surface area contributed by atoms with Gasteiger partial charge in [0.15, 0.2) is 0 Å². The zero-order valence-electron chi connectivity index (χ0n) is 7.42. The van der Waals surface area contributed by atoms with Crippen molar-refractivity contribution in [3.8, 4) is 0 Å². The fourth-order valence-corrected chi connectivity index (χ4v) is 2.55. The van der Waals surface area contributed by atoms with Gasteiger partial charge in [-0.25, -0.2) is 0 Å². The Labute approximate surface area is 68.5 Å². The summed E-state index contributed by atoms with van der Waals surface area (Å²) in [5, 5.41) is 0. The first-order valence-corrected chi connectivity index (χ1v) is 4.56. The Hall–Kier alpha value is -0.0800. The zero-order chi connectivity index (χ0) is 7.84. The molecule has 2 heterocycles. The number of hydrogen-bond acceptors (Lipinski definition) is 2. The largest absolute Gasteiger partial charge is 0.381 e. The molecule has 0 aromatic carbocycles. The molecule has 0 amide bonds. The Morgan fingerprint density at radius 1 is 1.18 bits per heavy atom. The van der Waals surface area contributed by atoms with Crippen LogP contribution in [-0.4, -0.2) is 37.2 Å². The van der Waals surface area contributed by atoms with E-state index >= 15 is 0 Å². The molecule has 64 valence electrons. The smallest absolute Gasteiger partial charge is 0.0601 e. The summed E-state index contributed by atoms with van der Waals surface area (Å²) in [6.07, 6.45) is 5.83. The molecule has 0 N–H and O–H groups in total. The van der Waals surface area contributed by atoms with Crippen LogP contribution < -0.4 is 0 Å². The molecule has 2 aliphatic rings. The van der Waals surface area contributed by atoms with E-state index in [1.165, 1.54) is 25.7 Å². The van der Waals surface area contributed by atoms with E-state index in [4.69, 9.17) is 4.74 Å². The Bertz CT molecular complexity index is 134. The second-order valence-corrected chi connectivity index (χ2v) is 3.88. The predicted octanol–water partition coefficient (Wildman–Crippen LogP) is 1.26. The molecule has 0 radical (unpaired) electrons. The Morgan fingerprint density at radius 3 is 2.18 bits per heavy atom. The minimum atomic E-state index is 0.545. The number of nitrogens with zero attached hydrogens (tertiary/aromatic N) is 1. The van der Waals surface area contributed by atoms with Crippen LogP contribution >= 0.6 is 0 Å². The third kappa shape index (κ3) is 1.18. The van der Waals surface area contributed by atoms with Gasteiger partial charge in [0.05, 0.1) is 6.10 Å². The first kappa shape index (κ1) is 7.56. The lowest BCUT2D eigenvalue weighted by molar-refractivity contribution is 0.0163. The van der Waals surface area contributed by atoms with Crippen molar-refractivity contribution >= 4 is 0 Å². The van der Waals surface area contributed by atoms with Crippen molar-refractivity contribution in [2.24, 2.45) is 0 Å². The summed E-state index contributed by atoms with van der Waals surface area (Å²) in [6, 6.07) is 1.64. The summed E-state index contributed by atoms with van der Waals surface area (Å²) < 4.78 is 5.39. The number of rotatable bonds is 1. The molecule has 2 nitrogen and oxygen atoms in total. The van der Waals surface area contributed by atoms with E-state index in [0.29, 0.717) is 6.10 Å². The van der Waals surface area contributed by atoms with Gasteiger partial charge in [0.2, 0.25) is 0 Å². The number of methoxy groups -OCH3 is 1. The molecule has 2 bridgehead atoms. The molecule has 2 fully saturated rings. The lowest BCUT2D eigenvalue weighted by Gasteiger charge is -2.35. The van der Waals surface area contributed by atoms with E-state index in [-0.39, 0.29) is 0 Å². The van der Waals surface area contributed by atoms with Crippen molar-refractivity contribution in [1.82, 2.24) is 4.90 Å². The van der Waals surface area contributed by atoms with Crippen molar-refractivity contribution in [2.45, 2.75) is 43.9 Å². The van der Waals surface area contributed by atoms with Crippen molar-refractivity contribution in [1.29, 1.82) is 0 Å². The third-order valence-electron chi connectivity index (χ3n) is 3.39. The first-order chi connectivity index (χ1) is 5.31. The lowest BCUT2D eigenvalue weighted by atomic mass is 10.0. The fraction of sp³-hybridized carbons (Fsp3) is 1.00. The molecule has 2 aliphatic heterocycles. The van der Waals surface area contributed by atoms with Gasteiger partial charge in [-0.1, -0.05) is 0 Å². The van der Waals surface area contributed by atoms with Crippen molar-refractivity contribution in [2.75, 3.05) is 14.2 Å². The highest BCUT2D eigenvalue weighted by Gasteiger charge is 2.38. The van der Waals surface area contributed by atoms with Crippen LogP contribution in [0.5, 0.6) is 0 Å². The predicted molar refractivity (Wildman–Crippen MR) is 44.6 cm³/mol. The van der Waals surface area contributed by atoms with Gasteiger partial charge in [0.1, 0.15) is 0 Å². The topological polar surface area (TPSA) is 12.5 Å². The highest BCUT2D eigenvalue weighted by atomic mass is 16.5. The molecule has 2 unspecified atom stereocenters. The maximum Gasteiger partial charge on any atom is 0.0601 e. The number of hydrogen-bond donors (Lipinski definition) is 0. The lowest BCUT2D eigenvalue weighted by Crippen LogP contribution is -2.42. The van der Waals surface area contributed by atoms with Crippen molar-refractivity contribution in [3.05, 3.63) is 0 Å². The third-order valence-corrected chi connectivity index (χ3v) is 3.39. The Kier molecular flexibility index (Phi) is 1.90. The maximum atomic E-state index is 5.39. The maximum absolute atomic E-state index is 5.39. The van der Waals surface area contributed by atoms with Gasteiger partial charge in [-0.2, -0.15) is 0 Å². The summed E-state index contributed by atoms with van der Waals surface area (Å²) in [5.74, 6) is 0. The minimum Gasteiger partial charge on any atom is -0.381 e. The average molecular weight is 155 g/mol. The van der Waals surface area contributed by atoms with Gasteiger partial charge in [-0.15, -0.1) is 0 Å². The number of fused-ring (bicyclic) bond motifs is 2.